The highest BCUT2D eigenvalue weighted by molar-refractivity contribution is 5.56. The molecule has 6 heteroatoms. The quantitative estimate of drug-likeness (QED) is 0.564. The van der Waals surface area contributed by atoms with E-state index in [1.54, 1.807) is 19.1 Å². The molecule has 0 saturated carbocycles. The molecule has 0 bridgehead atoms. The number of non-ortho nitro benzene ring substituents is 1. The zero-order valence-corrected chi connectivity index (χ0v) is 12.3. The standard InChI is InChI=1S/C14H23N3O3/c1-4-15-14-6-5-13(17(19)20)9-12(14)10-16(3)8-7-11(2)18/h5-6,9,11,15,18H,4,7-8,10H2,1-3H3. The van der Waals surface area contributed by atoms with Crippen molar-refractivity contribution in [3.05, 3.63) is 33.9 Å². The number of nitro benzene ring substituents is 1. The van der Waals surface area contributed by atoms with Crippen molar-refractivity contribution in [1.29, 1.82) is 0 Å². The Morgan fingerprint density at radius 3 is 2.75 bits per heavy atom. The Bertz CT molecular complexity index is 449. The lowest BCUT2D eigenvalue weighted by molar-refractivity contribution is -0.384. The highest BCUT2D eigenvalue weighted by atomic mass is 16.6. The summed E-state index contributed by atoms with van der Waals surface area (Å²) in [7, 11) is 1.94. The van der Waals surface area contributed by atoms with Crippen LogP contribution in [-0.4, -0.2) is 41.2 Å². The van der Waals surface area contributed by atoms with Crippen molar-refractivity contribution >= 4 is 11.4 Å². The van der Waals surface area contributed by atoms with Gasteiger partial charge in [0, 0.05) is 37.5 Å². The molecule has 112 valence electrons. The molecule has 1 atom stereocenters. The number of hydrogen-bond donors (Lipinski definition) is 2. The Balaban J connectivity index is 2.83. The van der Waals surface area contributed by atoms with Crippen LogP contribution in [0.4, 0.5) is 11.4 Å². The van der Waals surface area contributed by atoms with Crippen LogP contribution >= 0.6 is 0 Å². The molecule has 0 aliphatic heterocycles. The minimum absolute atomic E-state index is 0.102. The van der Waals surface area contributed by atoms with Gasteiger partial charge in [-0.05, 0) is 38.9 Å². The second kappa shape index (κ2) is 7.81. The van der Waals surface area contributed by atoms with Crippen molar-refractivity contribution in [3.63, 3.8) is 0 Å². The molecule has 20 heavy (non-hydrogen) atoms. The Morgan fingerprint density at radius 1 is 1.50 bits per heavy atom. The van der Waals surface area contributed by atoms with Crippen LogP contribution in [0.1, 0.15) is 25.8 Å². The molecule has 0 spiro atoms. The maximum absolute atomic E-state index is 10.9. The molecule has 1 aromatic rings. The zero-order chi connectivity index (χ0) is 15.1. The van der Waals surface area contributed by atoms with Crippen molar-refractivity contribution in [2.24, 2.45) is 0 Å². The van der Waals surface area contributed by atoms with Crippen LogP contribution in [0.25, 0.3) is 0 Å². The van der Waals surface area contributed by atoms with Gasteiger partial charge >= 0.3 is 0 Å². The average molecular weight is 281 g/mol. The third-order valence-electron chi connectivity index (χ3n) is 3.04. The SMILES string of the molecule is CCNc1ccc([N+](=O)[O-])cc1CN(C)CCC(C)O. The summed E-state index contributed by atoms with van der Waals surface area (Å²) < 4.78 is 0. The molecular weight excluding hydrogens is 258 g/mol. The van der Waals surface area contributed by atoms with Gasteiger partial charge in [0.15, 0.2) is 0 Å². The van der Waals surface area contributed by atoms with Gasteiger partial charge in [-0.1, -0.05) is 0 Å². The third kappa shape index (κ3) is 5.14. The topological polar surface area (TPSA) is 78.6 Å². The van der Waals surface area contributed by atoms with E-state index in [0.717, 1.165) is 24.3 Å². The monoisotopic (exact) mass is 281 g/mol. The molecule has 6 nitrogen and oxygen atoms in total. The van der Waals surface area contributed by atoms with E-state index in [0.29, 0.717) is 13.0 Å². The summed E-state index contributed by atoms with van der Waals surface area (Å²) >= 11 is 0. The van der Waals surface area contributed by atoms with Gasteiger partial charge in [0.1, 0.15) is 0 Å². The van der Waals surface area contributed by atoms with Crippen LogP contribution in [0.15, 0.2) is 18.2 Å². The number of aliphatic hydroxyl groups excluding tert-OH is 1. The predicted molar refractivity (Wildman–Crippen MR) is 79.9 cm³/mol. The normalized spacial score (nSPS) is 12.4. The van der Waals surface area contributed by atoms with Gasteiger partial charge in [-0.3, -0.25) is 10.1 Å². The average Bonchev–Trinajstić information content (AvgIpc) is 2.38. The molecule has 0 aliphatic carbocycles. The molecule has 0 aromatic heterocycles. The first-order chi connectivity index (χ1) is 9.43. The van der Waals surface area contributed by atoms with Crippen molar-refractivity contribution in [2.45, 2.75) is 32.9 Å². The fourth-order valence-electron chi connectivity index (χ4n) is 1.96. The van der Waals surface area contributed by atoms with Crippen molar-refractivity contribution in [3.8, 4) is 0 Å². The Kier molecular flexibility index (Phi) is 6.41. The van der Waals surface area contributed by atoms with Crippen molar-refractivity contribution in [1.82, 2.24) is 4.90 Å². The summed E-state index contributed by atoms with van der Waals surface area (Å²) in [5, 5.41) is 23.4. The Hall–Kier alpha value is -1.66. The van der Waals surface area contributed by atoms with Gasteiger partial charge in [0.2, 0.25) is 0 Å². The van der Waals surface area contributed by atoms with Gasteiger partial charge in [0.05, 0.1) is 11.0 Å². The Morgan fingerprint density at radius 2 is 2.20 bits per heavy atom. The molecule has 1 rings (SSSR count). The number of nitro groups is 1. The number of hydrogen-bond acceptors (Lipinski definition) is 5. The molecule has 0 aliphatic rings. The maximum atomic E-state index is 10.9. The van der Waals surface area contributed by atoms with E-state index in [1.165, 1.54) is 6.07 Å². The Labute approximate surface area is 119 Å². The summed E-state index contributed by atoms with van der Waals surface area (Å²) in [6, 6.07) is 4.87. The molecule has 0 heterocycles. The predicted octanol–water partition coefficient (Wildman–Crippen LogP) is 2.23. The molecule has 0 radical (unpaired) electrons. The van der Waals surface area contributed by atoms with E-state index in [1.807, 2.05) is 18.9 Å². The number of aliphatic hydroxyl groups is 1. The highest BCUT2D eigenvalue weighted by Crippen LogP contribution is 2.23. The fraction of sp³-hybridized carbons (Fsp3) is 0.571. The second-order valence-corrected chi connectivity index (χ2v) is 5.00. The summed E-state index contributed by atoms with van der Waals surface area (Å²) in [5.74, 6) is 0. The first-order valence-electron chi connectivity index (χ1n) is 6.81. The minimum Gasteiger partial charge on any atom is -0.393 e. The lowest BCUT2D eigenvalue weighted by atomic mass is 10.1. The van der Waals surface area contributed by atoms with Gasteiger partial charge in [-0.25, -0.2) is 0 Å². The van der Waals surface area contributed by atoms with E-state index < -0.39 is 0 Å². The first-order valence-corrected chi connectivity index (χ1v) is 6.81. The van der Waals surface area contributed by atoms with E-state index in [-0.39, 0.29) is 16.7 Å². The number of nitrogens with one attached hydrogen (secondary N) is 1. The van der Waals surface area contributed by atoms with Crippen molar-refractivity contribution < 1.29 is 10.0 Å². The van der Waals surface area contributed by atoms with Crippen molar-refractivity contribution in [2.75, 3.05) is 25.5 Å². The van der Waals surface area contributed by atoms with Crippen LogP contribution in [0.5, 0.6) is 0 Å². The number of benzene rings is 1. The van der Waals surface area contributed by atoms with Gasteiger partial charge < -0.3 is 15.3 Å². The van der Waals surface area contributed by atoms with Crippen LogP contribution < -0.4 is 5.32 Å². The summed E-state index contributed by atoms with van der Waals surface area (Å²) in [6.07, 6.45) is 0.345. The number of nitrogens with zero attached hydrogens (tertiary/aromatic N) is 2. The largest absolute Gasteiger partial charge is 0.393 e. The van der Waals surface area contributed by atoms with E-state index in [2.05, 4.69) is 5.32 Å². The smallest absolute Gasteiger partial charge is 0.269 e. The molecule has 2 N–H and O–H groups in total. The molecule has 1 unspecified atom stereocenters. The van der Waals surface area contributed by atoms with Gasteiger partial charge in [0.25, 0.3) is 5.69 Å². The number of anilines is 1. The third-order valence-corrected chi connectivity index (χ3v) is 3.04. The molecule has 0 saturated heterocycles. The highest BCUT2D eigenvalue weighted by Gasteiger charge is 2.12. The van der Waals surface area contributed by atoms with Gasteiger partial charge in [-0.15, -0.1) is 0 Å². The van der Waals surface area contributed by atoms with Crippen LogP contribution in [0, 0.1) is 10.1 Å². The van der Waals surface area contributed by atoms with E-state index in [9.17, 15) is 15.2 Å². The number of rotatable bonds is 8. The first kappa shape index (κ1) is 16.4. The molecule has 1 aromatic carbocycles. The lowest BCUT2D eigenvalue weighted by Gasteiger charge is -2.19. The van der Waals surface area contributed by atoms with Crippen LogP contribution in [0.2, 0.25) is 0 Å². The molecule has 0 amide bonds. The second-order valence-electron chi connectivity index (χ2n) is 5.00. The van der Waals surface area contributed by atoms with Crippen LogP contribution in [-0.2, 0) is 6.54 Å². The lowest BCUT2D eigenvalue weighted by Crippen LogP contribution is -2.22. The van der Waals surface area contributed by atoms with E-state index >= 15 is 0 Å². The maximum Gasteiger partial charge on any atom is 0.269 e. The summed E-state index contributed by atoms with van der Waals surface area (Å²) in [5.41, 5.74) is 1.92. The minimum atomic E-state index is -0.380. The fourth-order valence-corrected chi connectivity index (χ4v) is 1.96. The summed E-state index contributed by atoms with van der Waals surface area (Å²) in [4.78, 5) is 12.5. The molecule has 0 fully saturated rings. The zero-order valence-electron chi connectivity index (χ0n) is 12.3. The van der Waals surface area contributed by atoms with Gasteiger partial charge in [-0.2, -0.15) is 0 Å². The summed E-state index contributed by atoms with van der Waals surface area (Å²) in [6.45, 7) is 5.86. The van der Waals surface area contributed by atoms with Crippen LogP contribution in [0.3, 0.4) is 0 Å². The molecular formula is C14H23N3O3. The van der Waals surface area contributed by atoms with E-state index in [4.69, 9.17) is 0 Å².